The zero-order valence-electron chi connectivity index (χ0n) is 5.70. The fraction of sp³-hybridized carbons (Fsp3) is 0.800. The van der Waals surface area contributed by atoms with E-state index in [9.17, 15) is 26.7 Å². The second-order valence-electron chi connectivity index (χ2n) is 1.87. The van der Waals surface area contributed by atoms with Crippen LogP contribution in [0.25, 0.3) is 0 Å². The fourth-order valence-corrected chi connectivity index (χ4v) is 0.371. The summed E-state index contributed by atoms with van der Waals surface area (Å²) in [7, 11) is 0. The van der Waals surface area contributed by atoms with Gasteiger partial charge in [0.2, 0.25) is 0 Å². The van der Waals surface area contributed by atoms with Crippen molar-refractivity contribution in [2.24, 2.45) is 0 Å². The lowest BCUT2D eigenvalue weighted by atomic mass is 10.4. The highest BCUT2D eigenvalue weighted by atomic mass is 19.4. The van der Waals surface area contributed by atoms with Crippen LogP contribution in [0, 0.1) is 0 Å². The largest absolute Gasteiger partial charge is 0.459 e. The van der Waals surface area contributed by atoms with Gasteiger partial charge in [0.1, 0.15) is 6.42 Å². The molecule has 0 saturated heterocycles. The Balaban J connectivity index is 3.61. The topological polar surface area (TPSA) is 26.3 Å². The van der Waals surface area contributed by atoms with Crippen molar-refractivity contribution < 1.29 is 31.5 Å². The Morgan fingerprint density at radius 1 is 1.33 bits per heavy atom. The van der Waals surface area contributed by atoms with Crippen LogP contribution in [0.5, 0.6) is 0 Å². The van der Waals surface area contributed by atoms with E-state index >= 15 is 0 Å². The minimum Gasteiger partial charge on any atom is -0.459 e. The summed E-state index contributed by atoms with van der Waals surface area (Å²) in [6.45, 7) is -1.30. The van der Waals surface area contributed by atoms with Crippen LogP contribution in [0.3, 0.4) is 0 Å². The van der Waals surface area contributed by atoms with Crippen molar-refractivity contribution in [2.45, 2.75) is 19.0 Å². The van der Waals surface area contributed by atoms with Gasteiger partial charge < -0.3 is 4.74 Å². The molecule has 0 aliphatic heterocycles. The van der Waals surface area contributed by atoms with Gasteiger partial charge in [0.05, 0.1) is 0 Å². The van der Waals surface area contributed by atoms with Crippen LogP contribution in [0.15, 0.2) is 0 Å². The number of carbonyl (C=O) groups is 1. The molecule has 0 aliphatic carbocycles. The lowest BCUT2D eigenvalue weighted by Crippen LogP contribution is -2.19. The number of carbonyl (C=O) groups excluding carboxylic acids is 1. The third-order valence-electron chi connectivity index (χ3n) is 0.715. The molecular weight excluding hydrogens is 187 g/mol. The second-order valence-corrected chi connectivity index (χ2v) is 1.87. The number of alkyl halides is 5. The zero-order valence-corrected chi connectivity index (χ0v) is 5.70. The molecule has 0 saturated carbocycles. The molecule has 7 heteroatoms. The summed E-state index contributed by atoms with van der Waals surface area (Å²) in [4.78, 5) is 10.1. The third-order valence-corrected chi connectivity index (χ3v) is 0.715. The molecule has 0 aromatic heterocycles. The minimum atomic E-state index is -4.71. The lowest BCUT2D eigenvalue weighted by molar-refractivity contribution is -0.174. The normalized spacial score (nSPS) is 11.8. The molecule has 12 heavy (non-hydrogen) atoms. The molecule has 0 heterocycles. The Morgan fingerprint density at radius 3 is 2.17 bits per heavy atom. The van der Waals surface area contributed by atoms with Crippen LogP contribution in [-0.2, 0) is 9.53 Å². The van der Waals surface area contributed by atoms with Crippen LogP contribution < -0.4 is 0 Å². The number of rotatable bonds is 3. The first-order valence-electron chi connectivity index (χ1n) is 2.82. The standard InChI is InChI=1S/C5H5F5O2/c6-3(7)2-12-4(11)1-5(8,9)10/h3H,1-2H2. The summed E-state index contributed by atoms with van der Waals surface area (Å²) in [6.07, 6.45) is -9.49. The maximum atomic E-state index is 11.3. The lowest BCUT2D eigenvalue weighted by Gasteiger charge is -2.05. The van der Waals surface area contributed by atoms with E-state index in [2.05, 4.69) is 4.74 Å². The molecule has 0 N–H and O–H groups in total. The molecule has 0 aliphatic rings. The van der Waals surface area contributed by atoms with Crippen LogP contribution in [-0.4, -0.2) is 25.2 Å². The summed E-state index contributed by atoms with van der Waals surface area (Å²) < 4.78 is 60.1. The Bertz CT molecular complexity index is 152. The van der Waals surface area contributed by atoms with Crippen LogP contribution >= 0.6 is 0 Å². The van der Waals surface area contributed by atoms with E-state index in [1.165, 1.54) is 0 Å². The molecule has 0 bridgehead atoms. The second kappa shape index (κ2) is 4.22. The van der Waals surface area contributed by atoms with E-state index in [-0.39, 0.29) is 0 Å². The predicted octanol–water partition coefficient (Wildman–Crippen LogP) is 1.75. The summed E-state index contributed by atoms with van der Waals surface area (Å²) in [6, 6.07) is 0. The SMILES string of the molecule is O=C(CC(F)(F)F)OCC(F)F. The van der Waals surface area contributed by atoms with Crippen molar-refractivity contribution in [1.82, 2.24) is 0 Å². The van der Waals surface area contributed by atoms with Crippen molar-refractivity contribution in [1.29, 1.82) is 0 Å². The van der Waals surface area contributed by atoms with Gasteiger partial charge in [-0.05, 0) is 0 Å². The Morgan fingerprint density at radius 2 is 1.83 bits per heavy atom. The molecule has 0 unspecified atom stereocenters. The van der Waals surface area contributed by atoms with Crippen LogP contribution in [0.1, 0.15) is 6.42 Å². The highest BCUT2D eigenvalue weighted by molar-refractivity contribution is 5.70. The molecular formula is C5H5F5O2. The van der Waals surface area contributed by atoms with E-state index in [4.69, 9.17) is 0 Å². The highest BCUT2D eigenvalue weighted by Gasteiger charge is 2.32. The van der Waals surface area contributed by atoms with Gasteiger partial charge in [0, 0.05) is 0 Å². The summed E-state index contributed by atoms with van der Waals surface area (Å²) in [5.74, 6) is -1.69. The van der Waals surface area contributed by atoms with Crippen molar-refractivity contribution in [3.63, 3.8) is 0 Å². The first-order valence-corrected chi connectivity index (χ1v) is 2.82. The van der Waals surface area contributed by atoms with E-state index in [1.807, 2.05) is 0 Å². The first-order chi connectivity index (χ1) is 5.31. The molecule has 0 rings (SSSR count). The van der Waals surface area contributed by atoms with Gasteiger partial charge in [0.25, 0.3) is 6.43 Å². The molecule has 72 valence electrons. The van der Waals surface area contributed by atoms with Gasteiger partial charge >= 0.3 is 12.1 Å². The molecule has 2 nitrogen and oxygen atoms in total. The van der Waals surface area contributed by atoms with Gasteiger partial charge in [-0.3, -0.25) is 4.79 Å². The van der Waals surface area contributed by atoms with E-state index < -0.39 is 31.6 Å². The number of halogens is 5. The van der Waals surface area contributed by atoms with Gasteiger partial charge in [-0.2, -0.15) is 13.2 Å². The maximum Gasteiger partial charge on any atom is 0.399 e. The van der Waals surface area contributed by atoms with Gasteiger partial charge in [-0.25, -0.2) is 8.78 Å². The molecule has 0 aromatic carbocycles. The highest BCUT2D eigenvalue weighted by Crippen LogP contribution is 2.19. The average Bonchev–Trinajstić information content (AvgIpc) is 1.79. The quantitative estimate of drug-likeness (QED) is 0.503. The first kappa shape index (κ1) is 11.1. The van der Waals surface area contributed by atoms with Crippen LogP contribution in [0.4, 0.5) is 22.0 Å². The number of esters is 1. The third kappa shape index (κ3) is 7.23. The molecule has 0 spiro atoms. The van der Waals surface area contributed by atoms with E-state index in [1.54, 1.807) is 0 Å². The van der Waals surface area contributed by atoms with Crippen molar-refractivity contribution >= 4 is 5.97 Å². The van der Waals surface area contributed by atoms with Gasteiger partial charge in [0.15, 0.2) is 6.61 Å². The predicted molar refractivity (Wildman–Crippen MR) is 27.6 cm³/mol. The molecule has 0 radical (unpaired) electrons. The molecule has 0 amide bonds. The van der Waals surface area contributed by atoms with Crippen LogP contribution in [0.2, 0.25) is 0 Å². The zero-order chi connectivity index (χ0) is 9.78. The van der Waals surface area contributed by atoms with Crippen molar-refractivity contribution in [2.75, 3.05) is 6.61 Å². The Hall–Kier alpha value is -0.880. The summed E-state index contributed by atoms with van der Waals surface area (Å²) >= 11 is 0. The molecule has 0 atom stereocenters. The Labute approximate surface area is 64.3 Å². The molecule has 0 fully saturated rings. The maximum absolute atomic E-state index is 11.3. The van der Waals surface area contributed by atoms with E-state index in [0.717, 1.165) is 0 Å². The van der Waals surface area contributed by atoms with Crippen molar-refractivity contribution in [3.8, 4) is 0 Å². The fourth-order valence-electron chi connectivity index (χ4n) is 0.371. The monoisotopic (exact) mass is 192 g/mol. The number of ether oxygens (including phenoxy) is 1. The summed E-state index contributed by atoms with van der Waals surface area (Å²) in [5, 5.41) is 0. The smallest absolute Gasteiger partial charge is 0.399 e. The van der Waals surface area contributed by atoms with Crippen molar-refractivity contribution in [3.05, 3.63) is 0 Å². The number of hydrogen-bond donors (Lipinski definition) is 0. The number of hydrogen-bond acceptors (Lipinski definition) is 2. The molecule has 0 aromatic rings. The minimum absolute atomic E-state index is 1.30. The summed E-state index contributed by atoms with van der Waals surface area (Å²) in [5.41, 5.74) is 0. The Kier molecular flexibility index (Phi) is 3.91. The van der Waals surface area contributed by atoms with Gasteiger partial charge in [-0.1, -0.05) is 0 Å². The van der Waals surface area contributed by atoms with E-state index in [0.29, 0.717) is 0 Å². The average molecular weight is 192 g/mol. The van der Waals surface area contributed by atoms with Gasteiger partial charge in [-0.15, -0.1) is 0 Å².